The SMILES string of the molecule is O=Cc1ccc(C(=O)NC2CCC(=O)N(CN3CCOCC3)C2=O)c(N2CCOCC2)c1. The van der Waals surface area contributed by atoms with E-state index in [4.69, 9.17) is 9.47 Å². The molecule has 10 nitrogen and oxygen atoms in total. The van der Waals surface area contributed by atoms with Gasteiger partial charge in [-0.05, 0) is 18.6 Å². The van der Waals surface area contributed by atoms with E-state index in [0.717, 1.165) is 6.29 Å². The first-order valence-corrected chi connectivity index (χ1v) is 10.9. The van der Waals surface area contributed by atoms with E-state index in [1.807, 2.05) is 9.80 Å². The van der Waals surface area contributed by atoms with E-state index >= 15 is 0 Å². The number of ether oxygens (including phenoxy) is 2. The van der Waals surface area contributed by atoms with Gasteiger partial charge in [0, 0.05) is 38.2 Å². The average Bonchev–Trinajstić information content (AvgIpc) is 2.84. The number of carbonyl (C=O) groups excluding carboxylic acids is 4. The fourth-order valence-corrected chi connectivity index (χ4v) is 4.18. The minimum Gasteiger partial charge on any atom is -0.379 e. The van der Waals surface area contributed by atoms with Gasteiger partial charge in [-0.2, -0.15) is 0 Å². The lowest BCUT2D eigenvalue weighted by Gasteiger charge is -2.36. The van der Waals surface area contributed by atoms with E-state index < -0.39 is 17.9 Å². The smallest absolute Gasteiger partial charge is 0.254 e. The normalized spacial score (nSPS) is 22.7. The molecule has 1 unspecified atom stereocenters. The van der Waals surface area contributed by atoms with Crippen molar-refractivity contribution in [1.82, 2.24) is 15.1 Å². The maximum absolute atomic E-state index is 13.2. The molecule has 0 radical (unpaired) electrons. The van der Waals surface area contributed by atoms with E-state index in [1.54, 1.807) is 18.2 Å². The third kappa shape index (κ3) is 4.98. The minimum atomic E-state index is -0.774. The van der Waals surface area contributed by atoms with E-state index in [2.05, 4.69) is 5.32 Å². The van der Waals surface area contributed by atoms with E-state index in [1.165, 1.54) is 4.90 Å². The first-order valence-electron chi connectivity index (χ1n) is 10.9. The van der Waals surface area contributed by atoms with Crippen LogP contribution in [0, 0.1) is 0 Å². The van der Waals surface area contributed by atoms with Crippen LogP contribution in [-0.4, -0.2) is 99.1 Å². The van der Waals surface area contributed by atoms with E-state index in [-0.39, 0.29) is 25.4 Å². The molecule has 0 saturated carbocycles. The number of piperidine rings is 1. The molecule has 3 amide bonds. The molecule has 172 valence electrons. The molecular weight excluding hydrogens is 416 g/mol. The first-order chi connectivity index (χ1) is 15.6. The number of hydrogen-bond donors (Lipinski definition) is 1. The Bertz CT molecular complexity index is 879. The Morgan fingerprint density at radius 3 is 2.44 bits per heavy atom. The van der Waals surface area contributed by atoms with Crippen LogP contribution in [0.5, 0.6) is 0 Å². The molecule has 0 aromatic heterocycles. The second-order valence-corrected chi connectivity index (χ2v) is 8.09. The number of morpholine rings is 2. The zero-order valence-corrected chi connectivity index (χ0v) is 18.0. The summed E-state index contributed by atoms with van der Waals surface area (Å²) in [6.45, 7) is 4.92. The average molecular weight is 444 g/mol. The summed E-state index contributed by atoms with van der Waals surface area (Å²) >= 11 is 0. The molecule has 3 aliphatic rings. The number of amides is 3. The predicted molar refractivity (Wildman–Crippen MR) is 114 cm³/mol. The van der Waals surface area contributed by atoms with Crippen LogP contribution in [0.25, 0.3) is 0 Å². The van der Waals surface area contributed by atoms with Crippen molar-refractivity contribution in [2.24, 2.45) is 0 Å². The van der Waals surface area contributed by atoms with E-state index in [9.17, 15) is 19.2 Å². The molecule has 1 aromatic carbocycles. The fraction of sp³-hybridized carbons (Fsp3) is 0.545. The van der Waals surface area contributed by atoms with Crippen molar-refractivity contribution in [2.75, 3.05) is 64.2 Å². The predicted octanol–water partition coefficient (Wildman–Crippen LogP) is -0.127. The largest absolute Gasteiger partial charge is 0.379 e. The van der Waals surface area contributed by atoms with Gasteiger partial charge in [0.15, 0.2) is 0 Å². The highest BCUT2D eigenvalue weighted by Crippen LogP contribution is 2.24. The second-order valence-electron chi connectivity index (χ2n) is 8.09. The maximum atomic E-state index is 13.2. The van der Waals surface area contributed by atoms with Crippen LogP contribution < -0.4 is 10.2 Å². The zero-order valence-electron chi connectivity index (χ0n) is 18.0. The van der Waals surface area contributed by atoms with Gasteiger partial charge in [-0.3, -0.25) is 29.0 Å². The van der Waals surface area contributed by atoms with Crippen molar-refractivity contribution in [2.45, 2.75) is 18.9 Å². The van der Waals surface area contributed by atoms with Crippen LogP contribution >= 0.6 is 0 Å². The molecule has 3 saturated heterocycles. The summed E-state index contributed by atoms with van der Waals surface area (Å²) in [5.74, 6) is -1.02. The number of likely N-dealkylation sites (tertiary alicyclic amines) is 1. The molecule has 32 heavy (non-hydrogen) atoms. The van der Waals surface area contributed by atoms with Gasteiger partial charge in [0.05, 0.1) is 44.3 Å². The topological polar surface area (TPSA) is 108 Å². The highest BCUT2D eigenvalue weighted by Gasteiger charge is 2.36. The van der Waals surface area contributed by atoms with Crippen molar-refractivity contribution in [3.63, 3.8) is 0 Å². The molecule has 0 aliphatic carbocycles. The molecule has 1 atom stereocenters. The van der Waals surface area contributed by atoms with Crippen LogP contribution in [0.2, 0.25) is 0 Å². The minimum absolute atomic E-state index is 0.196. The van der Waals surface area contributed by atoms with Crippen molar-refractivity contribution < 1.29 is 28.7 Å². The van der Waals surface area contributed by atoms with Crippen LogP contribution in [0.1, 0.15) is 33.6 Å². The molecule has 0 bridgehead atoms. The van der Waals surface area contributed by atoms with Crippen molar-refractivity contribution in [3.8, 4) is 0 Å². The highest BCUT2D eigenvalue weighted by atomic mass is 16.5. The summed E-state index contributed by atoms with van der Waals surface area (Å²) in [4.78, 5) is 55.1. The summed E-state index contributed by atoms with van der Waals surface area (Å²) in [6.07, 6.45) is 1.20. The highest BCUT2D eigenvalue weighted by molar-refractivity contribution is 6.06. The lowest BCUT2D eigenvalue weighted by molar-refractivity contribution is -0.153. The maximum Gasteiger partial charge on any atom is 0.254 e. The molecule has 1 aromatic rings. The number of anilines is 1. The summed E-state index contributed by atoms with van der Waals surface area (Å²) in [5, 5.41) is 2.82. The number of benzene rings is 1. The number of hydrogen-bond acceptors (Lipinski definition) is 8. The second kappa shape index (κ2) is 10.2. The van der Waals surface area contributed by atoms with Crippen molar-refractivity contribution in [3.05, 3.63) is 29.3 Å². The Labute approximate surface area is 186 Å². The van der Waals surface area contributed by atoms with E-state index in [0.29, 0.717) is 69.4 Å². The van der Waals surface area contributed by atoms with Gasteiger partial charge < -0.3 is 19.7 Å². The third-order valence-corrected chi connectivity index (χ3v) is 6.02. The lowest BCUT2D eigenvalue weighted by Crippen LogP contribution is -2.58. The molecule has 1 N–H and O–H groups in total. The molecule has 3 aliphatic heterocycles. The molecule has 4 rings (SSSR count). The molecule has 0 spiro atoms. The van der Waals surface area contributed by atoms with Crippen LogP contribution in [0.4, 0.5) is 5.69 Å². The van der Waals surface area contributed by atoms with Gasteiger partial charge in [0.1, 0.15) is 12.3 Å². The fourth-order valence-electron chi connectivity index (χ4n) is 4.18. The summed E-state index contributed by atoms with van der Waals surface area (Å²) in [7, 11) is 0. The van der Waals surface area contributed by atoms with Gasteiger partial charge in [0.25, 0.3) is 11.8 Å². The van der Waals surface area contributed by atoms with Crippen molar-refractivity contribution in [1.29, 1.82) is 0 Å². The zero-order chi connectivity index (χ0) is 22.5. The monoisotopic (exact) mass is 444 g/mol. The number of rotatable bonds is 6. The van der Waals surface area contributed by atoms with Gasteiger partial charge in [-0.15, -0.1) is 0 Å². The summed E-state index contributed by atoms with van der Waals surface area (Å²) < 4.78 is 10.7. The summed E-state index contributed by atoms with van der Waals surface area (Å²) in [5.41, 5.74) is 1.50. The number of nitrogens with zero attached hydrogens (tertiary/aromatic N) is 3. The van der Waals surface area contributed by atoms with Gasteiger partial charge in [-0.25, -0.2) is 0 Å². The Morgan fingerprint density at radius 1 is 1.06 bits per heavy atom. The van der Waals surface area contributed by atoms with Gasteiger partial charge in [-0.1, -0.05) is 6.07 Å². The molecule has 3 heterocycles. The lowest BCUT2D eigenvalue weighted by atomic mass is 10.0. The van der Waals surface area contributed by atoms with Crippen molar-refractivity contribution >= 4 is 29.7 Å². The first kappa shape index (κ1) is 22.4. The number of nitrogens with one attached hydrogen (secondary N) is 1. The van der Waals surface area contributed by atoms with Crippen LogP contribution in [-0.2, 0) is 19.1 Å². The Kier molecular flexibility index (Phi) is 7.13. The third-order valence-electron chi connectivity index (χ3n) is 6.02. The quantitative estimate of drug-likeness (QED) is 0.478. The number of carbonyl (C=O) groups is 4. The molecular formula is C22H28N4O6. The number of imide groups is 1. The summed E-state index contributed by atoms with van der Waals surface area (Å²) in [6, 6.07) is 4.10. The number of aldehydes is 1. The Morgan fingerprint density at radius 2 is 1.75 bits per heavy atom. The Hall–Kier alpha value is -2.82. The van der Waals surface area contributed by atoms with Crippen LogP contribution in [0.15, 0.2) is 18.2 Å². The van der Waals surface area contributed by atoms with Crippen LogP contribution in [0.3, 0.4) is 0 Å². The molecule has 3 fully saturated rings. The van der Waals surface area contributed by atoms with Gasteiger partial charge in [0.2, 0.25) is 5.91 Å². The molecule has 10 heteroatoms. The Balaban J connectivity index is 1.48. The standard InChI is InChI=1S/C22H28N4O6/c27-14-16-1-2-17(19(13-16)25-7-11-32-12-8-25)21(29)23-18-3-4-20(28)26(22(18)30)15-24-5-9-31-10-6-24/h1-2,13-14,18H,3-12,15H2,(H,23,29). The van der Waals surface area contributed by atoms with Gasteiger partial charge >= 0.3 is 0 Å².